The highest BCUT2D eigenvalue weighted by Gasteiger charge is 2.28. The monoisotopic (exact) mass is 413 g/mol. The van der Waals surface area contributed by atoms with E-state index >= 15 is 0 Å². The molecule has 3 heterocycles. The van der Waals surface area contributed by atoms with E-state index in [2.05, 4.69) is 20.3 Å². The number of aromatic amines is 1. The summed E-state index contributed by atoms with van der Waals surface area (Å²) in [7, 11) is 0. The molecule has 1 fully saturated rings. The number of hydrogen-bond acceptors (Lipinski definition) is 5. The van der Waals surface area contributed by atoms with E-state index in [1.165, 1.54) is 16.8 Å². The molecule has 0 saturated heterocycles. The van der Waals surface area contributed by atoms with E-state index < -0.39 is 23.2 Å². The van der Waals surface area contributed by atoms with Crippen molar-refractivity contribution in [3.05, 3.63) is 105 Å². The summed E-state index contributed by atoms with van der Waals surface area (Å²) in [6, 6.07) is 16.1. The Labute approximate surface area is 176 Å². The SMILES string of the molecule is O=C(NC(c1ccccc1)c1ccccn1)c1cnc2c(c1)c(=O)[nH]c(=O)n2C1CC1. The fourth-order valence-corrected chi connectivity index (χ4v) is 3.67. The van der Waals surface area contributed by atoms with Crippen molar-refractivity contribution in [2.45, 2.75) is 24.9 Å². The fraction of sp³-hybridized carbons (Fsp3) is 0.174. The minimum atomic E-state index is -0.552. The van der Waals surface area contributed by atoms with Gasteiger partial charge in [0.05, 0.1) is 22.7 Å². The minimum Gasteiger partial charge on any atom is -0.339 e. The third-order valence-electron chi connectivity index (χ3n) is 5.34. The smallest absolute Gasteiger partial charge is 0.330 e. The van der Waals surface area contributed by atoms with Crippen molar-refractivity contribution in [2.75, 3.05) is 0 Å². The largest absolute Gasteiger partial charge is 0.339 e. The van der Waals surface area contributed by atoms with E-state index in [4.69, 9.17) is 0 Å². The molecule has 1 aliphatic carbocycles. The summed E-state index contributed by atoms with van der Waals surface area (Å²) in [6.07, 6.45) is 4.81. The lowest BCUT2D eigenvalue weighted by Crippen LogP contribution is -2.32. The van der Waals surface area contributed by atoms with Crippen LogP contribution >= 0.6 is 0 Å². The molecule has 3 aromatic heterocycles. The number of carbonyl (C=O) groups excluding carboxylic acids is 1. The van der Waals surface area contributed by atoms with Crippen molar-refractivity contribution in [1.82, 2.24) is 24.8 Å². The maximum Gasteiger partial charge on any atom is 0.330 e. The van der Waals surface area contributed by atoms with Crippen molar-refractivity contribution in [3.63, 3.8) is 0 Å². The maximum absolute atomic E-state index is 13.1. The van der Waals surface area contributed by atoms with Crippen molar-refractivity contribution < 1.29 is 4.79 Å². The van der Waals surface area contributed by atoms with E-state index in [9.17, 15) is 14.4 Å². The van der Waals surface area contributed by atoms with Crippen LogP contribution in [0.25, 0.3) is 11.0 Å². The van der Waals surface area contributed by atoms with E-state index in [0.29, 0.717) is 11.3 Å². The third kappa shape index (κ3) is 3.63. The summed E-state index contributed by atoms with van der Waals surface area (Å²) in [6.45, 7) is 0. The third-order valence-corrected chi connectivity index (χ3v) is 5.34. The number of fused-ring (bicyclic) bond motifs is 1. The second kappa shape index (κ2) is 7.64. The fourth-order valence-electron chi connectivity index (χ4n) is 3.67. The van der Waals surface area contributed by atoms with Crippen molar-refractivity contribution in [3.8, 4) is 0 Å². The average molecular weight is 413 g/mol. The van der Waals surface area contributed by atoms with Gasteiger partial charge in [0.25, 0.3) is 11.5 Å². The summed E-state index contributed by atoms with van der Waals surface area (Å²) in [4.78, 5) is 48.7. The molecule has 0 aliphatic heterocycles. The van der Waals surface area contributed by atoms with Gasteiger partial charge in [-0.05, 0) is 36.6 Å². The molecular weight excluding hydrogens is 394 g/mol. The first-order valence-corrected chi connectivity index (χ1v) is 10.0. The molecule has 1 aromatic carbocycles. The number of aromatic nitrogens is 4. The van der Waals surface area contributed by atoms with Gasteiger partial charge in [-0.2, -0.15) is 0 Å². The highest BCUT2D eigenvalue weighted by Crippen LogP contribution is 2.34. The number of benzene rings is 1. The molecule has 5 rings (SSSR count). The normalized spacial score (nSPS) is 14.3. The van der Waals surface area contributed by atoms with Gasteiger partial charge in [-0.1, -0.05) is 36.4 Å². The molecule has 4 aromatic rings. The van der Waals surface area contributed by atoms with Crippen LogP contribution in [0.2, 0.25) is 0 Å². The van der Waals surface area contributed by atoms with E-state index in [0.717, 1.165) is 18.4 Å². The van der Waals surface area contributed by atoms with Crippen LogP contribution in [0.5, 0.6) is 0 Å². The lowest BCUT2D eigenvalue weighted by Gasteiger charge is -2.19. The van der Waals surface area contributed by atoms with Crippen LogP contribution in [0, 0.1) is 0 Å². The maximum atomic E-state index is 13.1. The van der Waals surface area contributed by atoms with Gasteiger partial charge in [-0.25, -0.2) is 9.78 Å². The predicted molar refractivity (Wildman–Crippen MR) is 115 cm³/mol. The number of hydrogen-bond donors (Lipinski definition) is 2. The molecule has 1 aliphatic rings. The highest BCUT2D eigenvalue weighted by atomic mass is 16.2. The second-order valence-corrected chi connectivity index (χ2v) is 7.53. The summed E-state index contributed by atoms with van der Waals surface area (Å²) >= 11 is 0. The Morgan fingerprint density at radius 2 is 1.84 bits per heavy atom. The standard InChI is InChI=1S/C23H19N5O3/c29-21(26-19(14-6-2-1-3-7-14)18-8-4-5-11-24-18)15-12-17-20(25-13-15)28(16-9-10-16)23(31)27-22(17)30/h1-8,11-13,16,19H,9-10H2,(H,26,29)(H,27,30,31). The number of nitrogens with zero attached hydrogens (tertiary/aromatic N) is 3. The zero-order valence-electron chi connectivity index (χ0n) is 16.5. The van der Waals surface area contributed by atoms with Gasteiger partial charge in [0.1, 0.15) is 5.65 Å². The summed E-state index contributed by atoms with van der Waals surface area (Å²) in [5.41, 5.74) is 1.08. The summed E-state index contributed by atoms with van der Waals surface area (Å²) in [5, 5.41) is 3.20. The molecule has 2 N–H and O–H groups in total. The van der Waals surface area contributed by atoms with E-state index in [-0.39, 0.29) is 17.0 Å². The first-order valence-electron chi connectivity index (χ1n) is 10.0. The number of nitrogens with one attached hydrogen (secondary N) is 2. The van der Waals surface area contributed by atoms with Crippen LogP contribution in [0.15, 0.2) is 76.6 Å². The van der Waals surface area contributed by atoms with Crippen LogP contribution < -0.4 is 16.6 Å². The highest BCUT2D eigenvalue weighted by molar-refractivity contribution is 5.97. The summed E-state index contributed by atoms with van der Waals surface area (Å²) < 4.78 is 1.50. The van der Waals surface area contributed by atoms with Crippen LogP contribution in [0.3, 0.4) is 0 Å². The van der Waals surface area contributed by atoms with Gasteiger partial charge in [-0.3, -0.25) is 24.1 Å². The van der Waals surface area contributed by atoms with Gasteiger partial charge in [0, 0.05) is 18.4 Å². The van der Waals surface area contributed by atoms with Crippen molar-refractivity contribution in [2.24, 2.45) is 0 Å². The minimum absolute atomic E-state index is 0.0469. The average Bonchev–Trinajstić information content (AvgIpc) is 3.63. The predicted octanol–water partition coefficient (Wildman–Crippen LogP) is 2.33. The Bertz CT molecular complexity index is 1340. The topological polar surface area (TPSA) is 110 Å². The zero-order valence-corrected chi connectivity index (χ0v) is 16.5. The Balaban J connectivity index is 1.53. The van der Waals surface area contributed by atoms with E-state index in [1.807, 2.05) is 48.5 Å². The number of carbonyl (C=O) groups is 1. The molecule has 31 heavy (non-hydrogen) atoms. The van der Waals surface area contributed by atoms with Crippen LogP contribution in [-0.2, 0) is 0 Å². The van der Waals surface area contributed by atoms with Gasteiger partial charge in [0.15, 0.2) is 0 Å². The lowest BCUT2D eigenvalue weighted by atomic mass is 10.0. The molecule has 8 nitrogen and oxygen atoms in total. The molecule has 1 amide bonds. The summed E-state index contributed by atoms with van der Waals surface area (Å²) in [5.74, 6) is -0.391. The Kier molecular flexibility index (Phi) is 4.66. The first kappa shape index (κ1) is 18.9. The molecular formula is C23H19N5O3. The molecule has 154 valence electrons. The number of amides is 1. The van der Waals surface area contributed by atoms with Crippen LogP contribution in [0.1, 0.15) is 46.5 Å². The zero-order chi connectivity index (χ0) is 21.4. The van der Waals surface area contributed by atoms with Crippen LogP contribution in [0.4, 0.5) is 0 Å². The Morgan fingerprint density at radius 3 is 2.55 bits per heavy atom. The van der Waals surface area contributed by atoms with Gasteiger partial charge >= 0.3 is 5.69 Å². The Morgan fingerprint density at radius 1 is 1.06 bits per heavy atom. The lowest BCUT2D eigenvalue weighted by molar-refractivity contribution is 0.0942. The van der Waals surface area contributed by atoms with Crippen molar-refractivity contribution >= 4 is 16.9 Å². The van der Waals surface area contributed by atoms with Gasteiger partial charge in [-0.15, -0.1) is 0 Å². The molecule has 1 saturated carbocycles. The molecule has 1 atom stereocenters. The van der Waals surface area contributed by atoms with Gasteiger partial charge in [0.2, 0.25) is 0 Å². The molecule has 0 bridgehead atoms. The van der Waals surface area contributed by atoms with E-state index in [1.54, 1.807) is 6.20 Å². The number of H-pyrrole nitrogens is 1. The molecule has 0 radical (unpaired) electrons. The molecule has 8 heteroatoms. The molecule has 1 unspecified atom stereocenters. The molecule has 0 spiro atoms. The number of pyridine rings is 2. The van der Waals surface area contributed by atoms with Crippen LogP contribution in [-0.4, -0.2) is 25.4 Å². The second-order valence-electron chi connectivity index (χ2n) is 7.53. The van der Waals surface area contributed by atoms with Gasteiger partial charge < -0.3 is 5.32 Å². The first-order chi connectivity index (χ1) is 15.1. The Hall–Kier alpha value is -4.07. The van der Waals surface area contributed by atoms with Crippen molar-refractivity contribution in [1.29, 1.82) is 0 Å². The number of rotatable bonds is 5. The quantitative estimate of drug-likeness (QED) is 0.522.